The van der Waals surface area contributed by atoms with Gasteiger partial charge in [0.05, 0.1) is 28.4 Å². The molecule has 2 unspecified atom stereocenters. The van der Waals surface area contributed by atoms with Gasteiger partial charge in [0, 0.05) is 17.6 Å². The Kier molecular flexibility index (Phi) is 7.33. The molecule has 0 aliphatic heterocycles. The molecule has 0 bridgehead atoms. The number of aromatic nitrogens is 1. The number of hydrogen-bond acceptors (Lipinski definition) is 4. The molecule has 3 aromatic rings. The van der Waals surface area contributed by atoms with Crippen LogP contribution >= 0.6 is 11.6 Å². The van der Waals surface area contributed by atoms with Crippen molar-refractivity contribution in [2.24, 2.45) is 5.92 Å². The zero-order valence-corrected chi connectivity index (χ0v) is 20.3. The maximum atomic E-state index is 13.7. The van der Waals surface area contributed by atoms with Crippen molar-refractivity contribution in [2.45, 2.75) is 48.9 Å². The summed E-state index contributed by atoms with van der Waals surface area (Å²) in [6.45, 7) is 1.79. The minimum absolute atomic E-state index is 0.00178. The summed E-state index contributed by atoms with van der Waals surface area (Å²) in [5.41, 5.74) is 1.69. The van der Waals surface area contributed by atoms with Gasteiger partial charge >= 0.3 is 0 Å². The largest absolute Gasteiger partial charge is 0.329 e. The average molecular weight is 501 g/mol. The molecule has 0 radical (unpaired) electrons. The molecule has 34 heavy (non-hydrogen) atoms. The monoisotopic (exact) mass is 500 g/mol. The Balaban J connectivity index is 1.63. The van der Waals surface area contributed by atoms with Gasteiger partial charge in [0.2, 0.25) is 5.91 Å². The molecule has 1 fully saturated rings. The predicted octanol–water partition coefficient (Wildman–Crippen LogP) is 5.61. The molecule has 1 amide bonds. The summed E-state index contributed by atoms with van der Waals surface area (Å²) in [5, 5.41) is -0.360. The summed E-state index contributed by atoms with van der Waals surface area (Å²) < 4.78 is 39.4. The summed E-state index contributed by atoms with van der Waals surface area (Å²) in [6.07, 6.45) is 3.46. The number of carbonyl (C=O) groups is 1. The van der Waals surface area contributed by atoms with Crippen LogP contribution in [0.25, 0.3) is 0 Å². The van der Waals surface area contributed by atoms with E-state index in [2.05, 4.69) is 4.98 Å². The second-order valence-electron chi connectivity index (χ2n) is 8.69. The summed E-state index contributed by atoms with van der Waals surface area (Å²) in [4.78, 5) is 19.8. The summed E-state index contributed by atoms with van der Waals surface area (Å²) in [6, 6.07) is 17.5. The van der Waals surface area contributed by atoms with Gasteiger partial charge in [-0.1, -0.05) is 29.8 Å². The van der Waals surface area contributed by atoms with Crippen LogP contribution in [0.2, 0.25) is 5.02 Å². The van der Waals surface area contributed by atoms with Gasteiger partial charge in [-0.3, -0.25) is 9.78 Å². The highest BCUT2D eigenvalue weighted by Gasteiger charge is 2.39. The number of halogens is 2. The number of sulfone groups is 1. The molecule has 1 aliphatic carbocycles. The normalized spacial score (nSPS) is 15.5. The molecule has 0 saturated heterocycles. The number of rotatable bonds is 9. The zero-order chi connectivity index (χ0) is 24.3. The van der Waals surface area contributed by atoms with Crippen molar-refractivity contribution in [3.8, 4) is 0 Å². The SMILES string of the molecule is CC(CC(=O)N(Cc1ccccn1)C(c1ccc(Cl)cc1)C1CC1)S(=O)(=O)c1ccc(F)cc1. The van der Waals surface area contributed by atoms with E-state index in [0.717, 1.165) is 36.2 Å². The van der Waals surface area contributed by atoms with E-state index >= 15 is 0 Å². The van der Waals surface area contributed by atoms with E-state index in [-0.39, 0.29) is 35.7 Å². The Labute approximate surface area is 204 Å². The van der Waals surface area contributed by atoms with Crippen LogP contribution < -0.4 is 0 Å². The van der Waals surface area contributed by atoms with Crippen molar-refractivity contribution in [3.63, 3.8) is 0 Å². The van der Waals surface area contributed by atoms with E-state index in [1.165, 1.54) is 19.1 Å². The molecule has 1 aliphatic rings. The van der Waals surface area contributed by atoms with Crippen LogP contribution in [0.5, 0.6) is 0 Å². The Morgan fingerprint density at radius 2 is 1.76 bits per heavy atom. The van der Waals surface area contributed by atoms with E-state index in [1.54, 1.807) is 23.2 Å². The van der Waals surface area contributed by atoms with Gasteiger partial charge in [0.25, 0.3) is 0 Å². The predicted molar refractivity (Wildman–Crippen MR) is 129 cm³/mol. The number of hydrogen-bond donors (Lipinski definition) is 0. The van der Waals surface area contributed by atoms with Crippen LogP contribution in [0.3, 0.4) is 0 Å². The highest BCUT2D eigenvalue weighted by atomic mass is 35.5. The lowest BCUT2D eigenvalue weighted by Crippen LogP contribution is -2.38. The molecule has 178 valence electrons. The number of amides is 1. The fourth-order valence-electron chi connectivity index (χ4n) is 4.12. The van der Waals surface area contributed by atoms with Gasteiger partial charge in [0.15, 0.2) is 9.84 Å². The minimum atomic E-state index is -3.80. The van der Waals surface area contributed by atoms with Crippen LogP contribution in [0, 0.1) is 11.7 Å². The molecule has 4 rings (SSSR count). The fourth-order valence-corrected chi connectivity index (χ4v) is 5.58. The Morgan fingerprint density at radius 1 is 1.09 bits per heavy atom. The quantitative estimate of drug-likeness (QED) is 0.358. The highest BCUT2D eigenvalue weighted by Crippen LogP contribution is 2.45. The van der Waals surface area contributed by atoms with Crippen molar-refractivity contribution >= 4 is 27.3 Å². The lowest BCUT2D eigenvalue weighted by atomic mass is 9.99. The van der Waals surface area contributed by atoms with Gasteiger partial charge < -0.3 is 4.90 Å². The molecular weight excluding hydrogens is 475 g/mol. The molecule has 1 saturated carbocycles. The van der Waals surface area contributed by atoms with E-state index in [0.29, 0.717) is 5.02 Å². The van der Waals surface area contributed by atoms with Gasteiger partial charge in [-0.25, -0.2) is 12.8 Å². The molecule has 5 nitrogen and oxygen atoms in total. The zero-order valence-electron chi connectivity index (χ0n) is 18.8. The van der Waals surface area contributed by atoms with Crippen LogP contribution in [0.15, 0.2) is 77.8 Å². The maximum absolute atomic E-state index is 13.7. The van der Waals surface area contributed by atoms with Gasteiger partial charge in [0.1, 0.15) is 5.82 Å². The van der Waals surface area contributed by atoms with Crippen LogP contribution in [-0.2, 0) is 21.2 Å². The third kappa shape index (κ3) is 5.65. The number of benzene rings is 2. The number of pyridine rings is 1. The summed E-state index contributed by atoms with van der Waals surface area (Å²) >= 11 is 6.09. The van der Waals surface area contributed by atoms with Crippen molar-refractivity contribution in [2.75, 3.05) is 0 Å². The van der Waals surface area contributed by atoms with Crippen molar-refractivity contribution < 1.29 is 17.6 Å². The molecule has 1 aromatic heterocycles. The number of carbonyl (C=O) groups excluding carboxylic acids is 1. The fraction of sp³-hybridized carbons (Fsp3) is 0.308. The molecule has 0 N–H and O–H groups in total. The molecule has 0 spiro atoms. The highest BCUT2D eigenvalue weighted by molar-refractivity contribution is 7.92. The maximum Gasteiger partial charge on any atom is 0.224 e. The van der Waals surface area contributed by atoms with Crippen molar-refractivity contribution in [1.82, 2.24) is 9.88 Å². The minimum Gasteiger partial charge on any atom is -0.329 e. The molecule has 2 atom stereocenters. The first-order valence-corrected chi connectivity index (χ1v) is 13.1. The van der Waals surface area contributed by atoms with E-state index < -0.39 is 20.9 Å². The molecule has 8 heteroatoms. The van der Waals surface area contributed by atoms with E-state index in [9.17, 15) is 17.6 Å². The van der Waals surface area contributed by atoms with Crippen LogP contribution in [-0.4, -0.2) is 29.5 Å². The van der Waals surface area contributed by atoms with Crippen molar-refractivity contribution in [1.29, 1.82) is 0 Å². The smallest absolute Gasteiger partial charge is 0.224 e. The Morgan fingerprint density at radius 3 is 2.35 bits per heavy atom. The van der Waals surface area contributed by atoms with Gasteiger partial charge in [-0.2, -0.15) is 0 Å². The summed E-state index contributed by atoms with van der Waals surface area (Å²) in [5.74, 6) is -0.493. The summed E-state index contributed by atoms with van der Waals surface area (Å²) in [7, 11) is -3.80. The van der Waals surface area contributed by atoms with Crippen LogP contribution in [0.4, 0.5) is 4.39 Å². The molecular formula is C26H26ClFN2O3S. The molecule has 1 heterocycles. The van der Waals surface area contributed by atoms with E-state index in [1.807, 2.05) is 30.3 Å². The van der Waals surface area contributed by atoms with Gasteiger partial charge in [-0.15, -0.1) is 0 Å². The third-order valence-electron chi connectivity index (χ3n) is 6.13. The first-order chi connectivity index (χ1) is 16.3. The lowest BCUT2D eigenvalue weighted by molar-refractivity contribution is -0.135. The first kappa shape index (κ1) is 24.4. The van der Waals surface area contributed by atoms with Crippen LogP contribution in [0.1, 0.15) is 43.5 Å². The molecule has 2 aromatic carbocycles. The Hall–Kier alpha value is -2.77. The standard InChI is InChI=1S/C26H26ClFN2O3S/c1-18(34(32,33)24-13-11-22(28)12-14-24)16-25(31)30(17-23-4-2-3-15-29-23)26(19-5-6-19)20-7-9-21(27)10-8-20/h2-4,7-15,18-19,26H,5-6,16-17H2,1H3. The van der Waals surface area contributed by atoms with Gasteiger partial charge in [-0.05, 0) is 79.8 Å². The topological polar surface area (TPSA) is 67.3 Å². The Bertz CT molecular complexity index is 1230. The second-order valence-corrected chi connectivity index (χ2v) is 11.5. The van der Waals surface area contributed by atoms with E-state index in [4.69, 9.17) is 11.6 Å². The lowest BCUT2D eigenvalue weighted by Gasteiger charge is -2.33. The second kappa shape index (κ2) is 10.2. The average Bonchev–Trinajstić information content (AvgIpc) is 3.66. The first-order valence-electron chi connectivity index (χ1n) is 11.2. The number of nitrogens with zero attached hydrogens (tertiary/aromatic N) is 2. The van der Waals surface area contributed by atoms with Crippen molar-refractivity contribution in [3.05, 3.63) is 95.0 Å². The third-order valence-corrected chi connectivity index (χ3v) is 8.54.